The first-order chi connectivity index (χ1) is 16.4. The second-order valence-electron chi connectivity index (χ2n) is 9.94. The molecule has 0 saturated heterocycles. The number of hydrogen-bond acceptors (Lipinski definition) is 1. The molecule has 2 heteroatoms. The highest BCUT2D eigenvalue weighted by Gasteiger charge is 2.15. The molecule has 0 radical (unpaired) electrons. The van der Waals surface area contributed by atoms with Crippen LogP contribution in [0.3, 0.4) is 0 Å². The largest absolute Gasteiger partial charge is 0.342 e. The van der Waals surface area contributed by atoms with Crippen LogP contribution in [0.4, 0.5) is 0 Å². The van der Waals surface area contributed by atoms with Crippen LogP contribution in [0, 0.1) is 0 Å². The zero-order valence-corrected chi connectivity index (χ0v) is 21.2. The first-order valence-corrected chi connectivity index (χ1v) is 13.1. The van der Waals surface area contributed by atoms with Crippen LogP contribution in [0.2, 0.25) is 0 Å². The van der Waals surface area contributed by atoms with E-state index in [1.165, 1.54) is 49.2 Å². The van der Waals surface area contributed by atoms with E-state index >= 15 is 0 Å². The van der Waals surface area contributed by atoms with Crippen molar-refractivity contribution in [3.05, 3.63) is 114 Å². The number of benzene rings is 4. The summed E-state index contributed by atoms with van der Waals surface area (Å²) in [5, 5.41) is 1.30. The van der Waals surface area contributed by atoms with Gasteiger partial charge in [0, 0.05) is 34.1 Å². The molecule has 0 unspecified atom stereocenters. The van der Waals surface area contributed by atoms with Crippen LogP contribution >= 0.6 is 11.8 Å². The fourth-order valence-corrected chi connectivity index (χ4v) is 5.00. The maximum absolute atomic E-state index is 2.39. The third kappa shape index (κ3) is 4.56. The summed E-state index contributed by atoms with van der Waals surface area (Å²) >= 11 is 1.78. The second-order valence-corrected chi connectivity index (χ2v) is 10.8. The van der Waals surface area contributed by atoms with Gasteiger partial charge in [0.2, 0.25) is 0 Å². The highest BCUT2D eigenvalue weighted by Crippen LogP contribution is 2.33. The van der Waals surface area contributed by atoms with Crippen molar-refractivity contribution in [3.63, 3.8) is 0 Å². The van der Waals surface area contributed by atoms with E-state index in [1.807, 2.05) is 0 Å². The molecule has 0 bridgehead atoms. The lowest BCUT2D eigenvalue weighted by molar-refractivity contribution is 0.590. The third-order valence-corrected chi connectivity index (χ3v) is 7.30. The van der Waals surface area contributed by atoms with Crippen molar-refractivity contribution >= 4 is 22.7 Å². The van der Waals surface area contributed by atoms with Gasteiger partial charge in [-0.2, -0.15) is 0 Å². The number of fused-ring (bicyclic) bond motifs is 1. The quantitative estimate of drug-likeness (QED) is 0.236. The van der Waals surface area contributed by atoms with E-state index in [4.69, 9.17) is 0 Å². The van der Waals surface area contributed by atoms with Crippen molar-refractivity contribution in [2.75, 3.05) is 6.26 Å². The summed E-state index contributed by atoms with van der Waals surface area (Å²) in [7, 11) is 0. The van der Waals surface area contributed by atoms with E-state index in [-0.39, 0.29) is 5.41 Å². The Hall–Kier alpha value is -3.23. The Morgan fingerprint density at radius 3 is 2.12 bits per heavy atom. The predicted octanol–water partition coefficient (Wildman–Crippen LogP) is 9.04. The maximum Gasteiger partial charge on any atom is 0.0489 e. The van der Waals surface area contributed by atoms with Crippen LogP contribution in [-0.2, 0) is 12.0 Å². The summed E-state index contributed by atoms with van der Waals surface area (Å²) in [5.41, 5.74) is 9.19. The number of nitrogens with zero attached hydrogens (tertiary/aromatic N) is 1. The van der Waals surface area contributed by atoms with Crippen LogP contribution in [0.25, 0.3) is 33.2 Å². The first-order valence-electron chi connectivity index (χ1n) is 11.8. The molecule has 1 nitrogen and oxygen atoms in total. The molecule has 1 aromatic heterocycles. The molecule has 0 aliphatic rings. The zero-order chi connectivity index (χ0) is 23.7. The molecule has 34 heavy (non-hydrogen) atoms. The van der Waals surface area contributed by atoms with E-state index in [0.717, 1.165) is 6.54 Å². The molecule has 0 N–H and O–H groups in total. The Bertz CT molecular complexity index is 1420. The monoisotopic (exact) mass is 461 g/mol. The van der Waals surface area contributed by atoms with Gasteiger partial charge in [-0.05, 0) is 63.8 Å². The molecule has 0 fully saturated rings. The summed E-state index contributed by atoms with van der Waals surface area (Å²) in [4.78, 5) is 1.29. The van der Waals surface area contributed by atoms with Crippen LogP contribution in [-0.4, -0.2) is 10.8 Å². The molecule has 0 aliphatic carbocycles. The van der Waals surface area contributed by atoms with Crippen molar-refractivity contribution in [2.24, 2.45) is 0 Å². The smallest absolute Gasteiger partial charge is 0.0489 e. The molecular weight excluding hydrogens is 430 g/mol. The summed E-state index contributed by atoms with van der Waals surface area (Å²) in [6.45, 7) is 7.63. The number of rotatable bonds is 5. The minimum Gasteiger partial charge on any atom is -0.342 e. The Balaban J connectivity index is 1.49. The van der Waals surface area contributed by atoms with Gasteiger partial charge in [-0.25, -0.2) is 0 Å². The molecule has 0 atom stereocenters. The molecule has 170 valence electrons. The second kappa shape index (κ2) is 9.19. The normalized spacial score (nSPS) is 11.8. The average Bonchev–Trinajstić information content (AvgIpc) is 3.22. The minimum absolute atomic E-state index is 0.160. The lowest BCUT2D eigenvalue weighted by atomic mass is 9.86. The van der Waals surface area contributed by atoms with E-state index in [1.54, 1.807) is 11.8 Å². The van der Waals surface area contributed by atoms with Gasteiger partial charge in [0.05, 0.1) is 0 Å². The minimum atomic E-state index is 0.160. The molecule has 0 aliphatic heterocycles. The Morgan fingerprint density at radius 1 is 0.706 bits per heavy atom. The standard InChI is InChI=1S/C32H31NS/c1-32(2,3)27-16-12-25(13-17-27)30-22-33(31-11-6-5-10-29(30)31)21-23-8-7-9-26(20-23)24-14-18-28(34-4)19-15-24/h5-20,22H,21H2,1-4H3. The molecule has 5 rings (SSSR count). The van der Waals surface area contributed by atoms with Crippen molar-refractivity contribution < 1.29 is 0 Å². The van der Waals surface area contributed by atoms with E-state index in [9.17, 15) is 0 Å². The van der Waals surface area contributed by atoms with E-state index in [2.05, 4.69) is 135 Å². The molecule has 0 saturated carbocycles. The van der Waals surface area contributed by atoms with E-state index < -0.39 is 0 Å². The highest BCUT2D eigenvalue weighted by molar-refractivity contribution is 7.98. The Labute approximate surface area is 207 Å². The van der Waals surface area contributed by atoms with Crippen LogP contribution in [0.5, 0.6) is 0 Å². The predicted molar refractivity (Wildman–Crippen MR) is 149 cm³/mol. The number of thioether (sulfide) groups is 1. The van der Waals surface area contributed by atoms with Crippen molar-refractivity contribution in [1.82, 2.24) is 4.57 Å². The lowest BCUT2D eigenvalue weighted by Crippen LogP contribution is -2.10. The summed E-state index contributed by atoms with van der Waals surface area (Å²) < 4.78 is 2.39. The van der Waals surface area contributed by atoms with Gasteiger partial charge < -0.3 is 4.57 Å². The van der Waals surface area contributed by atoms with E-state index in [0.29, 0.717) is 0 Å². The Kier molecular flexibility index (Phi) is 6.10. The maximum atomic E-state index is 2.39. The molecule has 1 heterocycles. The SMILES string of the molecule is CSc1ccc(-c2cccc(Cn3cc(-c4ccc(C(C)(C)C)cc4)c4ccccc43)c2)cc1. The molecule has 0 spiro atoms. The Morgan fingerprint density at radius 2 is 1.41 bits per heavy atom. The average molecular weight is 462 g/mol. The van der Waals surface area contributed by atoms with Crippen LogP contribution in [0.15, 0.2) is 108 Å². The van der Waals surface area contributed by atoms with Crippen LogP contribution < -0.4 is 0 Å². The van der Waals surface area contributed by atoms with Gasteiger partial charge in [0.15, 0.2) is 0 Å². The van der Waals surface area contributed by atoms with Gasteiger partial charge in [-0.15, -0.1) is 11.8 Å². The van der Waals surface area contributed by atoms with Crippen molar-refractivity contribution in [3.8, 4) is 22.3 Å². The molecule has 0 amide bonds. The van der Waals surface area contributed by atoms with Gasteiger partial charge in [-0.1, -0.05) is 93.6 Å². The molecule has 5 aromatic rings. The van der Waals surface area contributed by atoms with Gasteiger partial charge in [-0.3, -0.25) is 0 Å². The number of aromatic nitrogens is 1. The molecular formula is C32H31NS. The summed E-state index contributed by atoms with van der Waals surface area (Å²) in [6.07, 6.45) is 4.43. The van der Waals surface area contributed by atoms with Crippen molar-refractivity contribution in [1.29, 1.82) is 0 Å². The lowest BCUT2D eigenvalue weighted by Gasteiger charge is -2.19. The zero-order valence-electron chi connectivity index (χ0n) is 20.4. The van der Waals surface area contributed by atoms with Crippen molar-refractivity contribution in [2.45, 2.75) is 37.6 Å². The van der Waals surface area contributed by atoms with Gasteiger partial charge in [0.1, 0.15) is 0 Å². The highest BCUT2D eigenvalue weighted by atomic mass is 32.2. The van der Waals surface area contributed by atoms with Crippen LogP contribution in [0.1, 0.15) is 31.9 Å². The first kappa shape index (κ1) is 22.6. The van der Waals surface area contributed by atoms with Gasteiger partial charge in [0.25, 0.3) is 0 Å². The fourth-order valence-electron chi connectivity index (χ4n) is 4.59. The third-order valence-electron chi connectivity index (χ3n) is 6.55. The summed E-state index contributed by atoms with van der Waals surface area (Å²) in [6, 6.07) is 35.6. The number of para-hydroxylation sites is 1. The van der Waals surface area contributed by atoms with Gasteiger partial charge >= 0.3 is 0 Å². The topological polar surface area (TPSA) is 4.93 Å². The molecule has 4 aromatic carbocycles. The summed E-state index contributed by atoms with van der Waals surface area (Å²) in [5.74, 6) is 0. The fraction of sp³-hybridized carbons (Fsp3) is 0.188. The number of hydrogen-bond donors (Lipinski definition) is 0.